The molecule has 0 amide bonds. The van der Waals surface area contributed by atoms with Gasteiger partial charge in [0.05, 0.1) is 7.11 Å². The molecule has 0 atom stereocenters. The van der Waals surface area contributed by atoms with E-state index in [1.807, 2.05) is 30.3 Å². The summed E-state index contributed by atoms with van der Waals surface area (Å²) in [7, 11) is -0.803. The van der Waals surface area contributed by atoms with Gasteiger partial charge in [0.1, 0.15) is 4.90 Å². The van der Waals surface area contributed by atoms with Crippen molar-refractivity contribution in [3.05, 3.63) is 61.7 Å². The Bertz CT molecular complexity index is 813. The van der Waals surface area contributed by atoms with E-state index in [1.165, 1.54) is 0 Å². The summed E-state index contributed by atoms with van der Waals surface area (Å²) in [5.41, 5.74) is 0. The summed E-state index contributed by atoms with van der Waals surface area (Å²) < 4.78 is 28.8. The van der Waals surface area contributed by atoms with Crippen LogP contribution in [0.1, 0.15) is 0 Å². The SMILES string of the molecule is [CH2]OS(=O)(=O)c1c2ccccc2cc2ccccc12. The first kappa shape index (κ1) is 12.1. The zero-order chi connectivity index (χ0) is 13.5. The molecule has 0 fully saturated rings. The van der Waals surface area contributed by atoms with Crippen molar-refractivity contribution in [2.24, 2.45) is 0 Å². The van der Waals surface area contributed by atoms with E-state index < -0.39 is 10.1 Å². The molecule has 3 aromatic rings. The predicted octanol–water partition coefficient (Wildman–Crippen LogP) is 3.49. The molecule has 1 radical (unpaired) electrons. The second-order valence-electron chi connectivity index (χ2n) is 4.22. The highest BCUT2D eigenvalue weighted by Gasteiger charge is 2.20. The third-order valence-electron chi connectivity index (χ3n) is 3.13. The molecular weight excluding hydrogens is 260 g/mol. The maximum Gasteiger partial charge on any atom is 0.298 e. The van der Waals surface area contributed by atoms with Gasteiger partial charge in [-0.05, 0) is 16.8 Å². The van der Waals surface area contributed by atoms with Gasteiger partial charge in [-0.1, -0.05) is 48.5 Å². The van der Waals surface area contributed by atoms with Crippen LogP contribution >= 0.6 is 0 Å². The minimum absolute atomic E-state index is 0.177. The van der Waals surface area contributed by atoms with Crippen molar-refractivity contribution in [3.8, 4) is 0 Å². The fraction of sp³-hybridized carbons (Fsp3) is 0. The standard InChI is InChI=1S/C15H11O3S/c1-18-19(16,17)15-13-8-4-2-6-11(13)10-12-7-3-5-9-14(12)15/h2-10H,1H2. The summed E-state index contributed by atoms with van der Waals surface area (Å²) in [5.74, 6) is 0. The van der Waals surface area contributed by atoms with Crippen molar-refractivity contribution >= 4 is 31.7 Å². The van der Waals surface area contributed by atoms with Crippen molar-refractivity contribution in [2.75, 3.05) is 0 Å². The smallest absolute Gasteiger partial charge is 0.264 e. The average Bonchev–Trinajstić information content (AvgIpc) is 2.44. The molecule has 3 aromatic carbocycles. The summed E-state index contributed by atoms with van der Waals surface area (Å²) in [6, 6.07) is 16.6. The lowest BCUT2D eigenvalue weighted by atomic mass is 10.0. The molecule has 0 heterocycles. The molecule has 0 aromatic heterocycles. The molecule has 4 heteroatoms. The Morgan fingerprint density at radius 1 is 0.842 bits per heavy atom. The van der Waals surface area contributed by atoms with Gasteiger partial charge in [0.2, 0.25) is 0 Å². The van der Waals surface area contributed by atoms with E-state index in [0.29, 0.717) is 10.8 Å². The van der Waals surface area contributed by atoms with Crippen molar-refractivity contribution in [1.82, 2.24) is 0 Å². The molecular formula is C15H11O3S. The topological polar surface area (TPSA) is 43.4 Å². The van der Waals surface area contributed by atoms with E-state index in [4.69, 9.17) is 0 Å². The average molecular weight is 271 g/mol. The molecule has 0 saturated heterocycles. The first-order chi connectivity index (χ1) is 9.13. The van der Waals surface area contributed by atoms with Gasteiger partial charge in [-0.25, -0.2) is 0 Å². The van der Waals surface area contributed by atoms with Gasteiger partial charge in [-0.15, -0.1) is 0 Å². The molecule has 19 heavy (non-hydrogen) atoms. The molecule has 0 unspecified atom stereocenters. The number of fused-ring (bicyclic) bond motifs is 2. The maximum atomic E-state index is 12.1. The summed E-state index contributed by atoms with van der Waals surface area (Å²) in [6.07, 6.45) is 0. The number of hydrogen-bond acceptors (Lipinski definition) is 3. The maximum absolute atomic E-state index is 12.1. The van der Waals surface area contributed by atoms with E-state index in [2.05, 4.69) is 11.3 Å². The highest BCUT2D eigenvalue weighted by Crippen LogP contribution is 2.32. The highest BCUT2D eigenvalue weighted by molar-refractivity contribution is 7.87. The Kier molecular flexibility index (Phi) is 2.77. The number of hydrogen-bond donors (Lipinski definition) is 0. The van der Waals surface area contributed by atoms with Crippen LogP contribution in [0.5, 0.6) is 0 Å². The van der Waals surface area contributed by atoms with Gasteiger partial charge in [0.15, 0.2) is 0 Å². The molecule has 3 nitrogen and oxygen atoms in total. The van der Waals surface area contributed by atoms with Crippen LogP contribution in [-0.4, -0.2) is 8.42 Å². The molecule has 0 aliphatic rings. The quantitative estimate of drug-likeness (QED) is 0.529. The first-order valence-electron chi connectivity index (χ1n) is 5.72. The molecule has 3 rings (SSSR count). The van der Waals surface area contributed by atoms with Gasteiger partial charge < -0.3 is 0 Å². The fourth-order valence-electron chi connectivity index (χ4n) is 2.30. The van der Waals surface area contributed by atoms with Crippen LogP contribution in [0.3, 0.4) is 0 Å². The summed E-state index contributed by atoms with van der Waals surface area (Å²) in [4.78, 5) is 0.177. The number of rotatable bonds is 2. The molecule has 0 saturated carbocycles. The molecule has 95 valence electrons. The third-order valence-corrected chi connectivity index (χ3v) is 4.38. The monoisotopic (exact) mass is 271 g/mol. The largest absolute Gasteiger partial charge is 0.298 e. The lowest BCUT2D eigenvalue weighted by Crippen LogP contribution is -2.03. The molecule has 0 N–H and O–H groups in total. The van der Waals surface area contributed by atoms with Crippen LogP contribution in [-0.2, 0) is 14.3 Å². The highest BCUT2D eigenvalue weighted by atomic mass is 32.2. The van der Waals surface area contributed by atoms with Crippen molar-refractivity contribution in [1.29, 1.82) is 0 Å². The minimum atomic E-state index is -3.86. The zero-order valence-corrected chi connectivity index (χ0v) is 10.9. The van der Waals surface area contributed by atoms with E-state index >= 15 is 0 Å². The summed E-state index contributed by atoms with van der Waals surface area (Å²) in [6.45, 7) is 0. The van der Waals surface area contributed by atoms with Gasteiger partial charge in [-0.3, -0.25) is 4.18 Å². The van der Waals surface area contributed by atoms with Crippen LogP contribution in [0.4, 0.5) is 0 Å². The van der Waals surface area contributed by atoms with E-state index in [0.717, 1.165) is 10.8 Å². The fourth-order valence-corrected chi connectivity index (χ4v) is 3.33. The Morgan fingerprint density at radius 2 is 1.32 bits per heavy atom. The van der Waals surface area contributed by atoms with E-state index in [9.17, 15) is 8.42 Å². The van der Waals surface area contributed by atoms with E-state index in [-0.39, 0.29) is 4.90 Å². The third kappa shape index (κ3) is 1.89. The molecule has 0 spiro atoms. The first-order valence-corrected chi connectivity index (χ1v) is 7.13. The van der Waals surface area contributed by atoms with Gasteiger partial charge >= 0.3 is 0 Å². The summed E-state index contributed by atoms with van der Waals surface area (Å²) in [5, 5.41) is 3.00. The molecule has 0 bridgehead atoms. The number of benzene rings is 3. The normalized spacial score (nSPS) is 12.1. The van der Waals surface area contributed by atoms with Crippen molar-refractivity contribution < 1.29 is 12.6 Å². The van der Waals surface area contributed by atoms with Crippen LogP contribution in [0, 0.1) is 7.11 Å². The Morgan fingerprint density at radius 3 is 1.79 bits per heavy atom. The van der Waals surface area contributed by atoms with Crippen molar-refractivity contribution in [3.63, 3.8) is 0 Å². The lowest BCUT2D eigenvalue weighted by Gasteiger charge is -2.10. The molecule has 0 aliphatic carbocycles. The Labute approximate surface area is 111 Å². The molecule has 0 aliphatic heterocycles. The van der Waals surface area contributed by atoms with Gasteiger partial charge in [0.25, 0.3) is 10.1 Å². The Hall–Kier alpha value is -1.91. The van der Waals surface area contributed by atoms with Crippen LogP contribution < -0.4 is 0 Å². The van der Waals surface area contributed by atoms with E-state index in [1.54, 1.807) is 24.3 Å². The van der Waals surface area contributed by atoms with Crippen LogP contribution in [0.2, 0.25) is 0 Å². The Balaban J connectivity index is 2.62. The second-order valence-corrected chi connectivity index (χ2v) is 5.77. The zero-order valence-electron chi connectivity index (χ0n) is 10.0. The van der Waals surface area contributed by atoms with Crippen LogP contribution in [0.15, 0.2) is 59.5 Å². The predicted molar refractivity (Wildman–Crippen MR) is 75.1 cm³/mol. The van der Waals surface area contributed by atoms with Gasteiger partial charge in [-0.2, -0.15) is 8.42 Å². The van der Waals surface area contributed by atoms with Crippen LogP contribution in [0.25, 0.3) is 21.5 Å². The van der Waals surface area contributed by atoms with Gasteiger partial charge in [0, 0.05) is 10.8 Å². The lowest BCUT2D eigenvalue weighted by molar-refractivity contribution is 0.439. The van der Waals surface area contributed by atoms with Crippen molar-refractivity contribution in [2.45, 2.75) is 4.90 Å². The summed E-state index contributed by atoms with van der Waals surface area (Å²) >= 11 is 0. The second kappa shape index (κ2) is 4.33. The minimum Gasteiger partial charge on any atom is -0.264 e.